The number of nitrogens with one attached hydrogen (secondary N) is 1. The van der Waals surface area contributed by atoms with Crippen LogP contribution in [0.25, 0.3) is 0 Å². The van der Waals surface area contributed by atoms with E-state index in [0.717, 1.165) is 16.8 Å². The van der Waals surface area contributed by atoms with E-state index in [0.29, 0.717) is 12.0 Å². The van der Waals surface area contributed by atoms with Crippen LogP contribution in [0, 0.1) is 12.8 Å². The number of hydrogen-bond donors (Lipinski definition) is 2. The van der Waals surface area contributed by atoms with Gasteiger partial charge in [-0.05, 0) is 53.2 Å². The Hall–Kier alpha value is -0.610. The maximum absolute atomic E-state index is 6.03. The molecule has 2 rings (SSSR count). The van der Waals surface area contributed by atoms with Gasteiger partial charge in [0.1, 0.15) is 5.82 Å². The average molecular weight is 284 g/mol. The zero-order valence-electron chi connectivity index (χ0n) is 9.54. The second-order valence-corrected chi connectivity index (χ2v) is 5.41. The van der Waals surface area contributed by atoms with Crippen molar-refractivity contribution in [2.45, 2.75) is 32.2 Å². The second kappa shape index (κ2) is 5.15. The fraction of sp³-hybridized carbons (Fsp3) is 0.583. The predicted molar refractivity (Wildman–Crippen MR) is 70.5 cm³/mol. The van der Waals surface area contributed by atoms with Gasteiger partial charge in [0.25, 0.3) is 0 Å². The first-order chi connectivity index (χ1) is 7.66. The monoisotopic (exact) mass is 283 g/mol. The molecule has 2 unspecified atom stereocenters. The topological polar surface area (TPSA) is 50.9 Å². The minimum atomic E-state index is 0.365. The number of nitrogens with two attached hydrogens (primary N) is 1. The number of hydrogen-bond acceptors (Lipinski definition) is 3. The van der Waals surface area contributed by atoms with Gasteiger partial charge in [0.05, 0.1) is 0 Å². The molecule has 0 aromatic carbocycles. The van der Waals surface area contributed by atoms with Crippen LogP contribution >= 0.6 is 15.9 Å². The maximum Gasteiger partial charge on any atom is 0.126 e. The van der Waals surface area contributed by atoms with Crippen LogP contribution in [0.5, 0.6) is 0 Å². The summed E-state index contributed by atoms with van der Waals surface area (Å²) in [6.45, 7) is 3.01. The molecule has 88 valence electrons. The number of aryl methyl sites for hydroxylation is 1. The molecule has 3 nitrogen and oxygen atoms in total. The summed E-state index contributed by atoms with van der Waals surface area (Å²) in [5, 5.41) is 3.37. The van der Waals surface area contributed by atoms with Crippen LogP contribution in [-0.2, 0) is 0 Å². The lowest BCUT2D eigenvalue weighted by Gasteiger charge is -2.16. The van der Waals surface area contributed by atoms with Crippen molar-refractivity contribution in [2.24, 2.45) is 11.7 Å². The Morgan fingerprint density at radius 3 is 3.00 bits per heavy atom. The summed E-state index contributed by atoms with van der Waals surface area (Å²) in [7, 11) is 0. The highest BCUT2D eigenvalue weighted by atomic mass is 79.9. The molecule has 0 radical (unpaired) electrons. The number of nitrogens with zero attached hydrogens (tertiary/aromatic N) is 1. The van der Waals surface area contributed by atoms with E-state index < -0.39 is 0 Å². The van der Waals surface area contributed by atoms with Gasteiger partial charge in [0.2, 0.25) is 0 Å². The molecule has 0 saturated heterocycles. The first-order valence-electron chi connectivity index (χ1n) is 5.78. The first-order valence-corrected chi connectivity index (χ1v) is 6.57. The molecule has 1 saturated carbocycles. The molecule has 1 fully saturated rings. The predicted octanol–water partition coefficient (Wildman–Crippen LogP) is 2.69. The van der Waals surface area contributed by atoms with Gasteiger partial charge in [0.15, 0.2) is 0 Å². The number of anilines is 1. The van der Waals surface area contributed by atoms with Gasteiger partial charge in [-0.3, -0.25) is 0 Å². The molecule has 1 aliphatic carbocycles. The molecule has 3 N–H and O–H groups in total. The number of rotatable bonds is 3. The van der Waals surface area contributed by atoms with E-state index in [4.69, 9.17) is 5.73 Å². The Balaban J connectivity index is 1.91. The fourth-order valence-electron chi connectivity index (χ4n) is 2.19. The van der Waals surface area contributed by atoms with Crippen LogP contribution < -0.4 is 11.1 Å². The van der Waals surface area contributed by atoms with Crippen molar-refractivity contribution in [3.63, 3.8) is 0 Å². The van der Waals surface area contributed by atoms with Gasteiger partial charge < -0.3 is 11.1 Å². The molecular formula is C12H18BrN3. The van der Waals surface area contributed by atoms with Gasteiger partial charge in [0, 0.05) is 23.3 Å². The zero-order valence-corrected chi connectivity index (χ0v) is 11.1. The van der Waals surface area contributed by atoms with E-state index in [2.05, 4.69) is 39.2 Å². The van der Waals surface area contributed by atoms with E-state index >= 15 is 0 Å². The highest BCUT2D eigenvalue weighted by Crippen LogP contribution is 2.24. The lowest BCUT2D eigenvalue weighted by atomic mass is 10.1. The van der Waals surface area contributed by atoms with Crippen LogP contribution in [0.1, 0.15) is 24.8 Å². The molecule has 1 aromatic heterocycles. The van der Waals surface area contributed by atoms with E-state index in [9.17, 15) is 0 Å². The highest BCUT2D eigenvalue weighted by molar-refractivity contribution is 9.10. The van der Waals surface area contributed by atoms with Crippen LogP contribution in [-0.4, -0.2) is 17.6 Å². The Morgan fingerprint density at radius 2 is 2.38 bits per heavy atom. The maximum atomic E-state index is 6.03. The summed E-state index contributed by atoms with van der Waals surface area (Å²) in [6.07, 6.45) is 5.51. The van der Waals surface area contributed by atoms with Crippen LogP contribution in [0.3, 0.4) is 0 Å². The number of aromatic nitrogens is 1. The van der Waals surface area contributed by atoms with Crippen LogP contribution in [0.15, 0.2) is 16.7 Å². The molecule has 0 aliphatic heterocycles. The smallest absolute Gasteiger partial charge is 0.126 e. The zero-order chi connectivity index (χ0) is 11.5. The van der Waals surface area contributed by atoms with Crippen molar-refractivity contribution in [1.82, 2.24) is 4.98 Å². The molecule has 0 spiro atoms. The van der Waals surface area contributed by atoms with Crippen molar-refractivity contribution < 1.29 is 0 Å². The lowest BCUT2D eigenvalue weighted by molar-refractivity contribution is 0.504. The van der Waals surface area contributed by atoms with Crippen LogP contribution in [0.4, 0.5) is 5.82 Å². The molecular weight excluding hydrogens is 266 g/mol. The largest absolute Gasteiger partial charge is 0.370 e. The van der Waals surface area contributed by atoms with Crippen molar-refractivity contribution in [2.75, 3.05) is 11.9 Å². The SMILES string of the molecule is Cc1cc(NCC2CCCC2N)ncc1Br. The van der Waals surface area contributed by atoms with E-state index in [1.54, 1.807) is 0 Å². The quantitative estimate of drug-likeness (QED) is 0.897. The van der Waals surface area contributed by atoms with Gasteiger partial charge in [-0.15, -0.1) is 0 Å². The molecule has 1 aromatic rings. The summed E-state index contributed by atoms with van der Waals surface area (Å²) < 4.78 is 1.05. The van der Waals surface area contributed by atoms with E-state index in [1.807, 2.05) is 6.20 Å². The van der Waals surface area contributed by atoms with Crippen molar-refractivity contribution in [3.8, 4) is 0 Å². The average Bonchev–Trinajstić information content (AvgIpc) is 2.66. The van der Waals surface area contributed by atoms with Gasteiger partial charge in [-0.1, -0.05) is 6.42 Å². The summed E-state index contributed by atoms with van der Waals surface area (Å²) in [5.74, 6) is 1.55. The third-order valence-electron chi connectivity index (χ3n) is 3.31. The second-order valence-electron chi connectivity index (χ2n) is 4.55. The number of halogens is 1. The minimum Gasteiger partial charge on any atom is -0.370 e. The van der Waals surface area contributed by atoms with Gasteiger partial charge >= 0.3 is 0 Å². The molecule has 4 heteroatoms. The molecule has 1 aliphatic rings. The lowest BCUT2D eigenvalue weighted by Crippen LogP contribution is -2.29. The Labute approximate surface area is 105 Å². The Bertz CT molecular complexity index is 367. The third-order valence-corrected chi connectivity index (χ3v) is 4.14. The normalized spacial score (nSPS) is 24.7. The highest BCUT2D eigenvalue weighted by Gasteiger charge is 2.23. The van der Waals surface area contributed by atoms with Crippen LogP contribution in [0.2, 0.25) is 0 Å². The van der Waals surface area contributed by atoms with Gasteiger partial charge in [-0.2, -0.15) is 0 Å². The Morgan fingerprint density at radius 1 is 1.56 bits per heavy atom. The summed E-state index contributed by atoms with van der Waals surface area (Å²) in [4.78, 5) is 4.33. The molecule has 16 heavy (non-hydrogen) atoms. The molecule has 0 amide bonds. The third kappa shape index (κ3) is 2.74. The minimum absolute atomic E-state index is 0.365. The van der Waals surface area contributed by atoms with Crippen molar-refractivity contribution in [1.29, 1.82) is 0 Å². The van der Waals surface area contributed by atoms with E-state index in [1.165, 1.54) is 24.8 Å². The summed E-state index contributed by atoms with van der Waals surface area (Å²) in [6, 6.07) is 2.42. The fourth-order valence-corrected chi connectivity index (χ4v) is 2.41. The summed E-state index contributed by atoms with van der Waals surface area (Å²) in [5.41, 5.74) is 7.23. The molecule has 0 bridgehead atoms. The standard InChI is InChI=1S/C12H18BrN3/c1-8-5-12(16-7-10(8)13)15-6-9-3-2-4-11(9)14/h5,7,9,11H,2-4,6,14H2,1H3,(H,15,16). The van der Waals surface area contributed by atoms with E-state index in [-0.39, 0.29) is 0 Å². The Kier molecular flexibility index (Phi) is 3.82. The molecule has 2 atom stereocenters. The first kappa shape index (κ1) is 11.9. The molecule has 1 heterocycles. The number of pyridine rings is 1. The summed E-state index contributed by atoms with van der Waals surface area (Å²) >= 11 is 3.45. The van der Waals surface area contributed by atoms with Crippen molar-refractivity contribution >= 4 is 21.7 Å². The van der Waals surface area contributed by atoms with Gasteiger partial charge in [-0.25, -0.2) is 4.98 Å². The van der Waals surface area contributed by atoms with Crippen molar-refractivity contribution in [3.05, 3.63) is 22.3 Å².